The lowest BCUT2D eigenvalue weighted by Crippen LogP contribution is -2.52. The van der Waals surface area contributed by atoms with E-state index in [0.29, 0.717) is 12.1 Å². The van der Waals surface area contributed by atoms with Crippen LogP contribution in [0.2, 0.25) is 0 Å². The van der Waals surface area contributed by atoms with E-state index in [2.05, 4.69) is 43.5 Å². The lowest BCUT2D eigenvalue weighted by molar-refractivity contribution is 0.333. The summed E-state index contributed by atoms with van der Waals surface area (Å²) < 4.78 is 0. The second-order valence-corrected chi connectivity index (χ2v) is 7.45. The average molecular weight is 362 g/mol. The van der Waals surface area contributed by atoms with Gasteiger partial charge in [0.05, 0.1) is 11.6 Å². The van der Waals surface area contributed by atoms with Gasteiger partial charge < -0.3 is 15.1 Å². The van der Waals surface area contributed by atoms with Crippen molar-refractivity contribution in [1.29, 1.82) is 5.26 Å². The highest BCUT2D eigenvalue weighted by Crippen LogP contribution is 2.22. The highest BCUT2D eigenvalue weighted by Gasteiger charge is 2.26. The van der Waals surface area contributed by atoms with E-state index in [1.165, 1.54) is 18.5 Å². The molecule has 1 atom stereocenters. The fourth-order valence-electron chi connectivity index (χ4n) is 4.17. The summed E-state index contributed by atoms with van der Waals surface area (Å²) in [6.07, 6.45) is 6.46. The first-order chi connectivity index (χ1) is 13.3. The van der Waals surface area contributed by atoms with Gasteiger partial charge >= 0.3 is 0 Å². The van der Waals surface area contributed by atoms with Crippen molar-refractivity contribution in [3.05, 3.63) is 48.2 Å². The summed E-state index contributed by atoms with van der Waals surface area (Å²) in [6, 6.07) is 15.2. The summed E-state index contributed by atoms with van der Waals surface area (Å²) in [5, 5.41) is 21.1. The van der Waals surface area contributed by atoms with Crippen LogP contribution in [-0.2, 0) is 0 Å². The smallest absolute Gasteiger partial charge is 0.151 e. The minimum Gasteiger partial charge on any atom is -0.371 e. The van der Waals surface area contributed by atoms with Crippen LogP contribution in [-0.4, -0.2) is 48.5 Å². The van der Waals surface area contributed by atoms with E-state index >= 15 is 0 Å². The number of nitriles is 1. The average Bonchev–Trinajstić information content (AvgIpc) is 2.75. The van der Waals surface area contributed by atoms with Crippen LogP contribution in [0, 0.1) is 11.3 Å². The molecule has 0 radical (unpaired) electrons. The van der Waals surface area contributed by atoms with Gasteiger partial charge in [-0.3, -0.25) is 0 Å². The van der Waals surface area contributed by atoms with Gasteiger partial charge in [0.1, 0.15) is 0 Å². The van der Waals surface area contributed by atoms with Gasteiger partial charge in [0, 0.05) is 50.1 Å². The van der Waals surface area contributed by atoms with Crippen LogP contribution in [0.3, 0.4) is 0 Å². The maximum atomic E-state index is 8.94. The number of nitrogens with zero attached hydrogens (tertiary/aromatic N) is 5. The van der Waals surface area contributed by atoms with Gasteiger partial charge in [0.2, 0.25) is 0 Å². The molecule has 3 heterocycles. The zero-order valence-electron chi connectivity index (χ0n) is 15.6. The first kappa shape index (κ1) is 17.7. The van der Waals surface area contributed by atoms with Gasteiger partial charge in [0.15, 0.2) is 5.82 Å². The minimum atomic E-state index is 0.521. The second-order valence-electron chi connectivity index (χ2n) is 7.45. The Balaban J connectivity index is 1.28. The quantitative estimate of drug-likeness (QED) is 0.902. The van der Waals surface area contributed by atoms with Crippen LogP contribution < -0.4 is 15.1 Å². The maximum absolute atomic E-state index is 8.94. The molecule has 1 aromatic carbocycles. The van der Waals surface area contributed by atoms with Crippen LogP contribution in [0.15, 0.2) is 42.6 Å². The van der Waals surface area contributed by atoms with Gasteiger partial charge in [-0.25, -0.2) is 0 Å². The zero-order chi connectivity index (χ0) is 18.5. The van der Waals surface area contributed by atoms with Crippen molar-refractivity contribution < 1.29 is 0 Å². The molecule has 0 saturated carbocycles. The minimum absolute atomic E-state index is 0.521. The topological polar surface area (TPSA) is 68.1 Å². The molecule has 0 aliphatic carbocycles. The summed E-state index contributed by atoms with van der Waals surface area (Å²) in [4.78, 5) is 4.77. The third-order valence-electron chi connectivity index (χ3n) is 5.63. The van der Waals surface area contributed by atoms with Crippen molar-refractivity contribution in [3.63, 3.8) is 0 Å². The predicted octanol–water partition coefficient (Wildman–Crippen LogP) is 2.58. The number of hydrogen-bond acceptors (Lipinski definition) is 6. The van der Waals surface area contributed by atoms with Crippen LogP contribution in [0.1, 0.15) is 31.2 Å². The molecule has 6 heteroatoms. The molecule has 1 unspecified atom stereocenters. The number of aromatic nitrogens is 2. The van der Waals surface area contributed by atoms with Gasteiger partial charge in [-0.05, 0) is 62.1 Å². The Bertz CT molecular complexity index is 762. The number of hydrogen-bond donors (Lipinski definition) is 1. The summed E-state index contributed by atoms with van der Waals surface area (Å²) in [5.74, 6) is 0.986. The fourth-order valence-corrected chi connectivity index (χ4v) is 4.17. The molecule has 2 saturated heterocycles. The first-order valence-electron chi connectivity index (χ1n) is 9.85. The van der Waals surface area contributed by atoms with Crippen molar-refractivity contribution in [2.24, 2.45) is 0 Å². The van der Waals surface area contributed by atoms with E-state index in [1.807, 2.05) is 24.3 Å². The van der Waals surface area contributed by atoms with Crippen molar-refractivity contribution in [1.82, 2.24) is 15.5 Å². The van der Waals surface area contributed by atoms with Crippen molar-refractivity contribution in [2.75, 3.05) is 36.0 Å². The Morgan fingerprint density at radius 2 is 1.78 bits per heavy atom. The molecule has 6 nitrogen and oxygen atoms in total. The Hall–Kier alpha value is -2.65. The second kappa shape index (κ2) is 8.36. The molecule has 0 bridgehead atoms. The molecule has 140 valence electrons. The molecular weight excluding hydrogens is 336 g/mol. The Morgan fingerprint density at radius 3 is 2.48 bits per heavy atom. The van der Waals surface area contributed by atoms with E-state index in [4.69, 9.17) is 5.26 Å². The van der Waals surface area contributed by atoms with Gasteiger partial charge in [-0.1, -0.05) is 0 Å². The number of anilines is 2. The molecule has 2 aliphatic heterocycles. The monoisotopic (exact) mass is 362 g/mol. The Labute approximate surface area is 160 Å². The van der Waals surface area contributed by atoms with Crippen LogP contribution in [0.4, 0.5) is 11.5 Å². The van der Waals surface area contributed by atoms with Crippen molar-refractivity contribution in [2.45, 2.75) is 37.8 Å². The van der Waals surface area contributed by atoms with Gasteiger partial charge in [0.25, 0.3) is 0 Å². The van der Waals surface area contributed by atoms with E-state index in [-0.39, 0.29) is 0 Å². The summed E-state index contributed by atoms with van der Waals surface area (Å²) in [5.41, 5.74) is 1.94. The SMILES string of the molecule is N#Cc1ccc(N2CCC(NC3CCCN(c4cccnn4)C3)CC2)cc1. The van der Waals surface area contributed by atoms with Crippen molar-refractivity contribution >= 4 is 11.5 Å². The molecule has 27 heavy (non-hydrogen) atoms. The molecule has 4 rings (SSSR count). The number of nitrogens with one attached hydrogen (secondary N) is 1. The number of benzene rings is 1. The van der Waals surface area contributed by atoms with Crippen molar-refractivity contribution in [3.8, 4) is 6.07 Å². The zero-order valence-corrected chi connectivity index (χ0v) is 15.6. The number of rotatable bonds is 4. The van der Waals surface area contributed by atoms with Crippen LogP contribution in [0.25, 0.3) is 0 Å². The first-order valence-corrected chi connectivity index (χ1v) is 9.85. The van der Waals surface area contributed by atoms with E-state index < -0.39 is 0 Å². The third-order valence-corrected chi connectivity index (χ3v) is 5.63. The largest absolute Gasteiger partial charge is 0.371 e. The number of piperidine rings is 2. The van der Waals surface area contributed by atoms with E-state index in [1.54, 1.807) is 6.20 Å². The summed E-state index contributed by atoms with van der Waals surface area (Å²) >= 11 is 0. The predicted molar refractivity (Wildman–Crippen MR) is 107 cm³/mol. The lowest BCUT2D eigenvalue weighted by atomic mass is 9.99. The standard InChI is InChI=1S/C21H26N6/c22-15-17-5-7-20(8-6-17)26-13-9-18(10-14-26)24-19-3-2-12-27(16-19)21-4-1-11-23-25-21/h1,4-8,11,18-19,24H,2-3,9-10,12-14,16H2. The normalized spacial score (nSPS) is 21.1. The fraction of sp³-hybridized carbons (Fsp3) is 0.476. The molecule has 2 aromatic rings. The Kier molecular flexibility index (Phi) is 5.50. The maximum Gasteiger partial charge on any atom is 0.151 e. The Morgan fingerprint density at radius 1 is 0.963 bits per heavy atom. The molecule has 2 aliphatic rings. The third kappa shape index (κ3) is 4.37. The molecule has 1 N–H and O–H groups in total. The summed E-state index contributed by atoms with van der Waals surface area (Å²) in [7, 11) is 0. The molecule has 2 fully saturated rings. The molecule has 0 spiro atoms. The molecule has 0 amide bonds. The van der Waals surface area contributed by atoms with Crippen LogP contribution >= 0.6 is 0 Å². The molecular formula is C21H26N6. The highest BCUT2D eigenvalue weighted by molar-refractivity contribution is 5.50. The van der Waals surface area contributed by atoms with Gasteiger partial charge in [-0.15, -0.1) is 5.10 Å². The summed E-state index contributed by atoms with van der Waals surface area (Å²) in [6.45, 7) is 4.19. The van der Waals surface area contributed by atoms with Gasteiger partial charge in [-0.2, -0.15) is 10.4 Å². The molecule has 1 aromatic heterocycles. The van der Waals surface area contributed by atoms with E-state index in [0.717, 1.165) is 50.4 Å². The lowest BCUT2D eigenvalue weighted by Gasteiger charge is -2.39. The van der Waals surface area contributed by atoms with E-state index in [9.17, 15) is 0 Å². The highest BCUT2D eigenvalue weighted by atomic mass is 15.3. The van der Waals surface area contributed by atoms with Crippen LogP contribution in [0.5, 0.6) is 0 Å².